The highest BCUT2D eigenvalue weighted by Gasteiger charge is 2.07. The van der Waals surface area contributed by atoms with Crippen molar-refractivity contribution in [2.75, 3.05) is 6.54 Å². The van der Waals surface area contributed by atoms with E-state index in [1.165, 1.54) is 6.20 Å². The van der Waals surface area contributed by atoms with Crippen LogP contribution in [0.1, 0.15) is 11.8 Å². The summed E-state index contributed by atoms with van der Waals surface area (Å²) in [4.78, 5) is 17.6. The third-order valence-electron chi connectivity index (χ3n) is 1.25. The van der Waals surface area contributed by atoms with Crippen LogP contribution in [0.4, 0.5) is 0 Å². The Balaban J connectivity index is 2.68. The Bertz CT molecular complexity index is 269. The van der Waals surface area contributed by atoms with Crippen molar-refractivity contribution in [2.24, 2.45) is 0 Å². The average Bonchev–Trinajstić information content (AvgIpc) is 2.36. The van der Waals surface area contributed by atoms with E-state index in [-0.39, 0.29) is 12.2 Å². The van der Waals surface area contributed by atoms with Crippen LogP contribution >= 0.6 is 11.8 Å². The van der Waals surface area contributed by atoms with Gasteiger partial charge >= 0.3 is 5.69 Å². The first-order valence-electron chi connectivity index (χ1n) is 3.03. The molecule has 1 aromatic heterocycles. The molecule has 4 N–H and O–H groups in total. The van der Waals surface area contributed by atoms with Crippen LogP contribution in [-0.4, -0.2) is 21.6 Å². The fraction of sp³-hybridized carbons (Fsp3) is 0.400. The number of halogens is 1. The molecule has 0 aliphatic rings. The Morgan fingerprint density at radius 2 is 2.55 bits per heavy atom. The van der Waals surface area contributed by atoms with Crippen LogP contribution in [-0.2, 0) is 0 Å². The molecule has 1 unspecified atom stereocenters. The SMILES string of the molecule is O=c1[nH]cc(C(O)CNCl)[nH]1. The van der Waals surface area contributed by atoms with E-state index >= 15 is 0 Å². The molecule has 1 rings (SSSR count). The standard InChI is InChI=1S/C5H8ClN3O2/c6-8-2-4(10)3-1-7-5(11)9-3/h1,4,8,10H,2H2,(H2,7,9,11). The van der Waals surface area contributed by atoms with Crippen molar-refractivity contribution in [1.29, 1.82) is 0 Å². The quantitative estimate of drug-likeness (QED) is 0.469. The van der Waals surface area contributed by atoms with Gasteiger partial charge in [-0.05, 0) is 11.8 Å². The number of imidazole rings is 1. The second kappa shape index (κ2) is 3.56. The number of aliphatic hydroxyl groups excluding tert-OH is 1. The average molecular weight is 178 g/mol. The van der Waals surface area contributed by atoms with E-state index in [0.717, 1.165) is 0 Å². The van der Waals surface area contributed by atoms with Gasteiger partial charge in [-0.25, -0.2) is 9.63 Å². The zero-order valence-electron chi connectivity index (χ0n) is 5.60. The van der Waals surface area contributed by atoms with E-state index in [1.807, 2.05) is 0 Å². The van der Waals surface area contributed by atoms with Crippen LogP contribution in [0.2, 0.25) is 0 Å². The lowest BCUT2D eigenvalue weighted by molar-refractivity contribution is 0.178. The predicted molar refractivity (Wildman–Crippen MR) is 40.2 cm³/mol. The Hall–Kier alpha value is -0.780. The van der Waals surface area contributed by atoms with Gasteiger partial charge in [0.05, 0.1) is 5.69 Å². The Kier molecular flexibility index (Phi) is 2.70. The maximum atomic E-state index is 10.5. The van der Waals surface area contributed by atoms with E-state index in [2.05, 4.69) is 14.8 Å². The minimum atomic E-state index is -0.786. The molecule has 6 heteroatoms. The summed E-state index contributed by atoms with van der Waals surface area (Å²) in [5.41, 5.74) is 0.0803. The monoisotopic (exact) mass is 177 g/mol. The van der Waals surface area contributed by atoms with E-state index in [4.69, 9.17) is 11.8 Å². The highest BCUT2D eigenvalue weighted by molar-refractivity contribution is 6.13. The number of aromatic nitrogens is 2. The molecule has 0 fully saturated rings. The van der Waals surface area contributed by atoms with Crippen LogP contribution in [0.3, 0.4) is 0 Å². The van der Waals surface area contributed by atoms with Gasteiger partial charge in [0.25, 0.3) is 0 Å². The summed E-state index contributed by atoms with van der Waals surface area (Å²) in [7, 11) is 0. The molecule has 0 aromatic carbocycles. The van der Waals surface area contributed by atoms with Gasteiger partial charge in [0, 0.05) is 12.7 Å². The molecule has 5 nitrogen and oxygen atoms in total. The lowest BCUT2D eigenvalue weighted by atomic mass is 10.3. The predicted octanol–water partition coefficient (Wildman–Crippen LogP) is -0.520. The highest BCUT2D eigenvalue weighted by atomic mass is 35.5. The van der Waals surface area contributed by atoms with E-state index in [1.54, 1.807) is 0 Å². The lowest BCUT2D eigenvalue weighted by Gasteiger charge is -2.03. The molecule has 0 saturated carbocycles. The lowest BCUT2D eigenvalue weighted by Crippen LogP contribution is -2.13. The van der Waals surface area contributed by atoms with Crippen molar-refractivity contribution in [1.82, 2.24) is 14.8 Å². The van der Waals surface area contributed by atoms with Gasteiger partial charge in [-0.15, -0.1) is 0 Å². The Morgan fingerprint density at radius 3 is 3.00 bits per heavy atom. The molecule has 0 aliphatic heterocycles. The molecule has 0 bridgehead atoms. The van der Waals surface area contributed by atoms with E-state index in [0.29, 0.717) is 5.69 Å². The van der Waals surface area contributed by atoms with Gasteiger partial charge in [0.2, 0.25) is 0 Å². The zero-order valence-corrected chi connectivity index (χ0v) is 6.35. The van der Waals surface area contributed by atoms with Crippen LogP contribution in [0.25, 0.3) is 0 Å². The summed E-state index contributed by atoms with van der Waals surface area (Å²) in [6.45, 7) is 0.190. The molecule has 1 heterocycles. The normalized spacial score (nSPS) is 13.3. The second-order valence-electron chi connectivity index (χ2n) is 2.05. The van der Waals surface area contributed by atoms with E-state index < -0.39 is 6.10 Å². The molecular weight excluding hydrogens is 170 g/mol. The molecule has 1 aromatic rings. The third kappa shape index (κ3) is 2.07. The van der Waals surface area contributed by atoms with Gasteiger partial charge in [-0.2, -0.15) is 0 Å². The van der Waals surface area contributed by atoms with Crippen molar-refractivity contribution in [2.45, 2.75) is 6.10 Å². The van der Waals surface area contributed by atoms with Crippen LogP contribution in [0.5, 0.6) is 0 Å². The maximum absolute atomic E-state index is 10.5. The fourth-order valence-corrected chi connectivity index (χ4v) is 0.855. The van der Waals surface area contributed by atoms with E-state index in [9.17, 15) is 9.90 Å². The third-order valence-corrected chi connectivity index (χ3v) is 1.40. The maximum Gasteiger partial charge on any atom is 0.323 e. The zero-order chi connectivity index (χ0) is 8.27. The smallest absolute Gasteiger partial charge is 0.323 e. The van der Waals surface area contributed by atoms with Crippen LogP contribution in [0.15, 0.2) is 11.0 Å². The van der Waals surface area contributed by atoms with Crippen molar-refractivity contribution in [3.63, 3.8) is 0 Å². The summed E-state index contributed by atoms with van der Waals surface area (Å²) in [5, 5.41) is 9.20. The van der Waals surface area contributed by atoms with Crippen molar-refractivity contribution in [3.05, 3.63) is 22.4 Å². The Morgan fingerprint density at radius 1 is 1.82 bits per heavy atom. The number of hydrogen-bond donors (Lipinski definition) is 4. The molecule has 1 atom stereocenters. The number of hydrogen-bond acceptors (Lipinski definition) is 3. The molecular formula is C5H8ClN3O2. The van der Waals surface area contributed by atoms with Gasteiger partial charge in [0.15, 0.2) is 0 Å². The van der Waals surface area contributed by atoms with Crippen LogP contribution < -0.4 is 10.5 Å². The highest BCUT2D eigenvalue weighted by Crippen LogP contribution is 2.04. The molecule has 0 amide bonds. The number of aliphatic hydroxyl groups is 1. The topological polar surface area (TPSA) is 80.9 Å². The molecule has 0 saturated heterocycles. The first-order valence-corrected chi connectivity index (χ1v) is 3.41. The summed E-state index contributed by atoms with van der Waals surface area (Å²) in [6.07, 6.45) is 0.618. The minimum absolute atomic E-state index is 0.190. The summed E-state index contributed by atoms with van der Waals surface area (Å²) < 4.78 is 0. The Labute approximate surface area is 67.5 Å². The van der Waals surface area contributed by atoms with Crippen LogP contribution in [0, 0.1) is 0 Å². The number of H-pyrrole nitrogens is 2. The molecule has 0 radical (unpaired) electrons. The van der Waals surface area contributed by atoms with Crippen molar-refractivity contribution >= 4 is 11.8 Å². The first kappa shape index (κ1) is 8.32. The molecule has 62 valence electrons. The summed E-state index contributed by atoms with van der Waals surface area (Å²) in [6, 6.07) is 0. The second-order valence-corrected chi connectivity index (χ2v) is 2.32. The molecule has 0 spiro atoms. The van der Waals surface area contributed by atoms with Gasteiger partial charge < -0.3 is 15.1 Å². The first-order chi connectivity index (χ1) is 5.24. The van der Waals surface area contributed by atoms with Crippen molar-refractivity contribution < 1.29 is 5.11 Å². The minimum Gasteiger partial charge on any atom is -0.385 e. The molecule has 0 aliphatic carbocycles. The van der Waals surface area contributed by atoms with Crippen molar-refractivity contribution in [3.8, 4) is 0 Å². The summed E-state index contributed by atoms with van der Waals surface area (Å²) in [5.74, 6) is 0. The fourth-order valence-electron chi connectivity index (χ4n) is 0.709. The van der Waals surface area contributed by atoms with Gasteiger partial charge in [0.1, 0.15) is 6.10 Å². The number of nitrogens with one attached hydrogen (secondary N) is 3. The van der Waals surface area contributed by atoms with Gasteiger partial charge in [-0.1, -0.05) is 0 Å². The largest absolute Gasteiger partial charge is 0.385 e. The molecule has 11 heavy (non-hydrogen) atoms. The number of aromatic amines is 2. The summed E-state index contributed by atoms with van der Waals surface area (Å²) >= 11 is 5.14. The number of rotatable bonds is 3. The van der Waals surface area contributed by atoms with Gasteiger partial charge in [-0.3, -0.25) is 0 Å².